The Bertz CT molecular complexity index is 201. The van der Waals surface area contributed by atoms with E-state index in [1.165, 1.54) is 7.11 Å². The maximum atomic E-state index is 12.5. The molecular formula is C9H16F3NO. The first-order chi connectivity index (χ1) is 6.32. The highest BCUT2D eigenvalue weighted by Gasteiger charge is 2.63. The normalized spacial score (nSPS) is 24.4. The van der Waals surface area contributed by atoms with Gasteiger partial charge in [-0.15, -0.1) is 0 Å². The first kappa shape index (κ1) is 11.8. The number of methoxy groups -OCH3 is 1. The Balaban J connectivity index is 2.52. The third-order valence-electron chi connectivity index (χ3n) is 2.87. The molecule has 0 aromatic rings. The third-order valence-corrected chi connectivity index (χ3v) is 2.87. The van der Waals surface area contributed by atoms with Gasteiger partial charge in [0.25, 0.3) is 0 Å². The van der Waals surface area contributed by atoms with Crippen LogP contribution in [-0.4, -0.2) is 31.0 Å². The Morgan fingerprint density at radius 1 is 1.29 bits per heavy atom. The van der Waals surface area contributed by atoms with Crippen molar-refractivity contribution in [2.45, 2.75) is 50.6 Å². The lowest BCUT2D eigenvalue weighted by molar-refractivity contribution is -0.169. The van der Waals surface area contributed by atoms with E-state index >= 15 is 0 Å². The van der Waals surface area contributed by atoms with Crippen molar-refractivity contribution in [2.75, 3.05) is 7.11 Å². The highest BCUT2D eigenvalue weighted by Crippen LogP contribution is 2.49. The Labute approximate surface area is 81.8 Å². The summed E-state index contributed by atoms with van der Waals surface area (Å²) < 4.78 is 42.5. The largest absolute Gasteiger partial charge is 0.406 e. The van der Waals surface area contributed by atoms with E-state index in [9.17, 15) is 13.2 Å². The molecule has 14 heavy (non-hydrogen) atoms. The molecule has 1 fully saturated rings. The molecule has 1 aliphatic rings. The Kier molecular flexibility index (Phi) is 3.11. The van der Waals surface area contributed by atoms with E-state index in [0.717, 1.165) is 0 Å². The molecule has 1 N–H and O–H groups in total. The molecule has 0 spiro atoms. The fourth-order valence-electron chi connectivity index (χ4n) is 1.39. The van der Waals surface area contributed by atoms with Crippen LogP contribution in [0.4, 0.5) is 13.2 Å². The second-order valence-electron chi connectivity index (χ2n) is 3.95. The predicted octanol–water partition coefficient (Wildman–Crippen LogP) is 2.09. The SMILES string of the molecule is COC(C)C(C)NC1(C(F)(F)F)CC1. The maximum Gasteiger partial charge on any atom is 0.406 e. The molecule has 1 saturated carbocycles. The van der Waals surface area contributed by atoms with Crippen LogP contribution < -0.4 is 5.32 Å². The summed E-state index contributed by atoms with van der Waals surface area (Å²) in [5.74, 6) is 0. The molecule has 2 unspecified atom stereocenters. The molecule has 5 heteroatoms. The van der Waals surface area contributed by atoms with Gasteiger partial charge in [0.2, 0.25) is 0 Å². The summed E-state index contributed by atoms with van der Waals surface area (Å²) in [5.41, 5.74) is -1.64. The number of hydrogen-bond donors (Lipinski definition) is 1. The zero-order chi connectivity index (χ0) is 11.0. The molecule has 84 valence electrons. The highest BCUT2D eigenvalue weighted by atomic mass is 19.4. The fraction of sp³-hybridized carbons (Fsp3) is 1.00. The molecule has 0 saturated heterocycles. The fourth-order valence-corrected chi connectivity index (χ4v) is 1.39. The maximum absolute atomic E-state index is 12.5. The Morgan fingerprint density at radius 3 is 2.07 bits per heavy atom. The summed E-state index contributed by atoms with van der Waals surface area (Å²) in [5, 5.41) is 2.61. The smallest absolute Gasteiger partial charge is 0.380 e. The van der Waals surface area contributed by atoms with Crippen LogP contribution in [0, 0.1) is 0 Å². The average Bonchev–Trinajstić information content (AvgIpc) is 2.82. The summed E-state index contributed by atoms with van der Waals surface area (Å²) in [7, 11) is 1.50. The number of hydrogen-bond acceptors (Lipinski definition) is 2. The van der Waals surface area contributed by atoms with Crippen LogP contribution in [0.2, 0.25) is 0 Å². The van der Waals surface area contributed by atoms with Gasteiger partial charge in [-0.25, -0.2) is 0 Å². The van der Waals surface area contributed by atoms with E-state index in [4.69, 9.17) is 4.74 Å². The van der Waals surface area contributed by atoms with Crippen molar-refractivity contribution in [3.8, 4) is 0 Å². The third kappa shape index (κ3) is 2.20. The standard InChI is InChI=1S/C9H16F3NO/c1-6(7(2)14-3)13-8(4-5-8)9(10,11)12/h6-7,13H,4-5H2,1-3H3. The molecule has 0 amide bonds. The molecule has 1 rings (SSSR count). The van der Waals surface area contributed by atoms with Gasteiger partial charge >= 0.3 is 6.18 Å². The van der Waals surface area contributed by atoms with Gasteiger partial charge < -0.3 is 4.74 Å². The molecule has 1 aliphatic carbocycles. The van der Waals surface area contributed by atoms with E-state index in [1.54, 1.807) is 13.8 Å². The Hall–Kier alpha value is -0.290. The summed E-state index contributed by atoms with van der Waals surface area (Å²) in [6.07, 6.45) is -4.00. The van der Waals surface area contributed by atoms with Crippen molar-refractivity contribution in [1.29, 1.82) is 0 Å². The van der Waals surface area contributed by atoms with Crippen molar-refractivity contribution in [1.82, 2.24) is 5.32 Å². The molecule has 2 atom stereocenters. The molecular weight excluding hydrogens is 195 g/mol. The van der Waals surface area contributed by atoms with Crippen LogP contribution in [0.5, 0.6) is 0 Å². The van der Waals surface area contributed by atoms with Gasteiger partial charge in [0.1, 0.15) is 5.54 Å². The van der Waals surface area contributed by atoms with Gasteiger partial charge in [0.15, 0.2) is 0 Å². The number of alkyl halides is 3. The van der Waals surface area contributed by atoms with Gasteiger partial charge in [-0.3, -0.25) is 5.32 Å². The van der Waals surface area contributed by atoms with Crippen LogP contribution in [0.25, 0.3) is 0 Å². The van der Waals surface area contributed by atoms with Crippen LogP contribution in [0.3, 0.4) is 0 Å². The quantitative estimate of drug-likeness (QED) is 0.768. The molecule has 0 bridgehead atoms. The summed E-state index contributed by atoms with van der Waals surface area (Å²) in [4.78, 5) is 0. The second-order valence-corrected chi connectivity index (χ2v) is 3.95. The minimum atomic E-state index is -4.14. The van der Waals surface area contributed by atoms with Gasteiger partial charge in [-0.05, 0) is 26.7 Å². The van der Waals surface area contributed by atoms with Crippen LogP contribution in [0.15, 0.2) is 0 Å². The lowest BCUT2D eigenvalue weighted by atomic mass is 10.1. The van der Waals surface area contributed by atoms with Crippen LogP contribution in [0.1, 0.15) is 26.7 Å². The molecule has 0 heterocycles. The number of rotatable bonds is 4. The van der Waals surface area contributed by atoms with Crippen molar-refractivity contribution in [3.63, 3.8) is 0 Å². The van der Waals surface area contributed by atoms with E-state index in [1.807, 2.05) is 0 Å². The van der Waals surface area contributed by atoms with Crippen LogP contribution in [-0.2, 0) is 4.74 Å². The van der Waals surface area contributed by atoms with E-state index in [2.05, 4.69) is 5.32 Å². The van der Waals surface area contributed by atoms with Crippen molar-refractivity contribution < 1.29 is 17.9 Å². The van der Waals surface area contributed by atoms with E-state index in [0.29, 0.717) is 0 Å². The lowest BCUT2D eigenvalue weighted by Gasteiger charge is -2.28. The zero-order valence-electron chi connectivity index (χ0n) is 8.61. The minimum Gasteiger partial charge on any atom is -0.380 e. The second kappa shape index (κ2) is 3.70. The van der Waals surface area contributed by atoms with Gasteiger partial charge in [-0.1, -0.05) is 0 Å². The van der Waals surface area contributed by atoms with Crippen molar-refractivity contribution in [3.05, 3.63) is 0 Å². The summed E-state index contributed by atoms with van der Waals surface area (Å²) in [6.45, 7) is 3.46. The summed E-state index contributed by atoms with van der Waals surface area (Å²) in [6, 6.07) is -0.288. The zero-order valence-corrected chi connectivity index (χ0v) is 8.61. The molecule has 0 aromatic carbocycles. The highest BCUT2D eigenvalue weighted by molar-refractivity contribution is 5.09. The summed E-state index contributed by atoms with van der Waals surface area (Å²) >= 11 is 0. The number of halogens is 3. The topological polar surface area (TPSA) is 21.3 Å². The minimum absolute atomic E-state index is 0.178. The van der Waals surface area contributed by atoms with Gasteiger partial charge in [0.05, 0.1) is 6.10 Å². The van der Waals surface area contributed by atoms with Gasteiger partial charge in [-0.2, -0.15) is 13.2 Å². The molecule has 2 nitrogen and oxygen atoms in total. The lowest BCUT2D eigenvalue weighted by Crippen LogP contribution is -2.52. The van der Waals surface area contributed by atoms with Crippen molar-refractivity contribution in [2.24, 2.45) is 0 Å². The molecule has 0 aromatic heterocycles. The number of nitrogens with one attached hydrogen (secondary N) is 1. The van der Waals surface area contributed by atoms with Crippen LogP contribution >= 0.6 is 0 Å². The van der Waals surface area contributed by atoms with E-state index < -0.39 is 11.7 Å². The van der Waals surface area contributed by atoms with Gasteiger partial charge in [0, 0.05) is 13.2 Å². The first-order valence-electron chi connectivity index (χ1n) is 4.69. The monoisotopic (exact) mass is 211 g/mol. The average molecular weight is 211 g/mol. The predicted molar refractivity (Wildman–Crippen MR) is 47.1 cm³/mol. The molecule has 0 aliphatic heterocycles. The molecule has 0 radical (unpaired) electrons. The van der Waals surface area contributed by atoms with Crippen molar-refractivity contribution >= 4 is 0 Å². The number of ether oxygens (including phenoxy) is 1. The first-order valence-corrected chi connectivity index (χ1v) is 4.69. The Morgan fingerprint density at radius 2 is 1.79 bits per heavy atom. The van der Waals surface area contributed by atoms with E-state index in [-0.39, 0.29) is 25.0 Å².